The molecule has 4 rings (SSSR count). The van der Waals surface area contributed by atoms with Crippen LogP contribution in [-0.4, -0.2) is 38.3 Å². The highest BCUT2D eigenvalue weighted by molar-refractivity contribution is 7.98. The van der Waals surface area contributed by atoms with Gasteiger partial charge in [-0.2, -0.15) is 4.80 Å². The zero-order valence-corrected chi connectivity index (χ0v) is 19.1. The molecule has 1 aromatic heterocycles. The first-order chi connectivity index (χ1) is 16.0. The predicted molar refractivity (Wildman–Crippen MR) is 127 cm³/mol. The summed E-state index contributed by atoms with van der Waals surface area (Å²) in [5, 5.41) is 12.8. The molecule has 2 amide bonds. The number of amides is 2. The van der Waals surface area contributed by atoms with Crippen molar-refractivity contribution in [2.24, 2.45) is 0 Å². The summed E-state index contributed by atoms with van der Waals surface area (Å²) in [5.74, 6) is -0.393. The second-order valence-corrected chi connectivity index (χ2v) is 8.25. The van der Waals surface area contributed by atoms with E-state index in [1.54, 1.807) is 36.4 Å². The highest BCUT2D eigenvalue weighted by atomic mass is 35.5. The van der Waals surface area contributed by atoms with Crippen LogP contribution < -0.4 is 10.9 Å². The third-order valence-corrected chi connectivity index (χ3v) is 5.79. The Bertz CT molecular complexity index is 1280. The normalized spacial score (nSPS) is 10.6. The molecule has 0 bridgehead atoms. The van der Waals surface area contributed by atoms with Crippen LogP contribution in [0, 0.1) is 0 Å². The maximum absolute atomic E-state index is 12.4. The maximum atomic E-state index is 12.4. The van der Waals surface area contributed by atoms with Gasteiger partial charge in [-0.05, 0) is 47.4 Å². The van der Waals surface area contributed by atoms with Gasteiger partial charge < -0.3 is 0 Å². The zero-order chi connectivity index (χ0) is 23.2. The van der Waals surface area contributed by atoms with Gasteiger partial charge in [-0.1, -0.05) is 54.1 Å². The molecule has 8 nitrogen and oxygen atoms in total. The Morgan fingerprint density at radius 2 is 1.70 bits per heavy atom. The van der Waals surface area contributed by atoms with E-state index in [-0.39, 0.29) is 5.56 Å². The van der Waals surface area contributed by atoms with Crippen molar-refractivity contribution in [2.45, 2.75) is 11.4 Å². The Hall–Kier alpha value is -3.69. The summed E-state index contributed by atoms with van der Waals surface area (Å²) < 4.78 is 0. The van der Waals surface area contributed by atoms with Crippen molar-refractivity contribution in [3.63, 3.8) is 0 Å². The number of nitrogens with one attached hydrogen (secondary N) is 2. The Balaban J connectivity index is 1.35. The van der Waals surface area contributed by atoms with Crippen LogP contribution in [0.15, 0.2) is 77.7 Å². The molecule has 0 aliphatic carbocycles. The number of aromatic nitrogens is 4. The molecule has 0 unspecified atom stereocenters. The molecule has 166 valence electrons. The van der Waals surface area contributed by atoms with Gasteiger partial charge in [0.05, 0.1) is 17.1 Å². The summed E-state index contributed by atoms with van der Waals surface area (Å²) in [7, 11) is 0. The Morgan fingerprint density at radius 1 is 0.970 bits per heavy atom. The van der Waals surface area contributed by atoms with E-state index >= 15 is 0 Å². The minimum atomic E-state index is -0.493. The third-order valence-electron chi connectivity index (χ3n) is 4.73. The highest BCUT2D eigenvalue weighted by Gasteiger charge is 2.13. The number of benzene rings is 3. The van der Waals surface area contributed by atoms with Crippen LogP contribution in [0.1, 0.15) is 26.3 Å². The lowest BCUT2D eigenvalue weighted by Gasteiger charge is -2.10. The van der Waals surface area contributed by atoms with Crippen LogP contribution in [0.25, 0.3) is 11.4 Å². The van der Waals surface area contributed by atoms with Crippen LogP contribution in [0.2, 0.25) is 5.02 Å². The molecule has 2 N–H and O–H groups in total. The number of thioether (sulfide) groups is 1. The largest absolute Gasteiger partial charge is 0.271 e. The molecule has 0 aliphatic rings. The van der Waals surface area contributed by atoms with Crippen molar-refractivity contribution >= 4 is 35.2 Å². The molecule has 0 radical (unpaired) electrons. The number of rotatable bonds is 6. The van der Waals surface area contributed by atoms with E-state index in [0.29, 0.717) is 23.0 Å². The first kappa shape index (κ1) is 22.5. The Morgan fingerprint density at radius 3 is 2.42 bits per heavy atom. The lowest BCUT2D eigenvalue weighted by atomic mass is 10.1. The number of halogens is 1. The fourth-order valence-corrected chi connectivity index (χ4v) is 3.64. The minimum Gasteiger partial charge on any atom is -0.267 e. The standard InChI is InChI=1S/C23H19ClN6O2S/c1-33-18-11-12-20(24)19(13-18)23(32)27-26-22(31)17-9-7-15(8-10-17)14-30-28-21(25-29-30)16-5-3-2-4-6-16/h2-13H,14H2,1H3,(H,26,31)(H,27,32). The molecule has 1 heterocycles. The van der Waals surface area contributed by atoms with E-state index < -0.39 is 11.8 Å². The van der Waals surface area contributed by atoms with Crippen molar-refractivity contribution in [1.82, 2.24) is 31.1 Å². The number of carbonyl (C=O) groups excluding carboxylic acids is 2. The molecule has 0 saturated heterocycles. The van der Waals surface area contributed by atoms with E-state index in [1.807, 2.05) is 42.7 Å². The van der Waals surface area contributed by atoms with Crippen LogP contribution in [0.5, 0.6) is 0 Å². The van der Waals surface area contributed by atoms with Gasteiger partial charge in [0.1, 0.15) is 0 Å². The Kier molecular flexibility index (Phi) is 7.01. The van der Waals surface area contributed by atoms with Gasteiger partial charge in [-0.25, -0.2) is 0 Å². The fraction of sp³-hybridized carbons (Fsp3) is 0.0870. The summed E-state index contributed by atoms with van der Waals surface area (Å²) in [6, 6.07) is 21.6. The summed E-state index contributed by atoms with van der Waals surface area (Å²) in [6.45, 7) is 0.406. The van der Waals surface area contributed by atoms with Crippen LogP contribution in [-0.2, 0) is 6.54 Å². The van der Waals surface area contributed by atoms with Gasteiger partial charge in [-0.15, -0.1) is 22.0 Å². The molecular formula is C23H19ClN6O2S. The van der Waals surface area contributed by atoms with Crippen molar-refractivity contribution in [3.05, 3.63) is 94.5 Å². The average molecular weight is 479 g/mol. The van der Waals surface area contributed by atoms with Crippen LogP contribution >= 0.6 is 23.4 Å². The summed E-state index contributed by atoms with van der Waals surface area (Å²) in [4.78, 5) is 27.2. The molecule has 0 fully saturated rings. The van der Waals surface area contributed by atoms with Crippen molar-refractivity contribution in [1.29, 1.82) is 0 Å². The quantitative estimate of drug-likeness (QED) is 0.322. The van der Waals surface area contributed by atoms with Gasteiger partial charge in [0.15, 0.2) is 0 Å². The first-order valence-corrected chi connectivity index (χ1v) is 11.5. The smallest absolute Gasteiger partial charge is 0.267 e. The van der Waals surface area contributed by atoms with Crippen molar-refractivity contribution < 1.29 is 9.59 Å². The summed E-state index contributed by atoms with van der Waals surface area (Å²) in [5.41, 5.74) is 7.27. The molecule has 0 saturated carbocycles. The van der Waals surface area contributed by atoms with E-state index in [2.05, 4.69) is 26.3 Å². The number of tetrazole rings is 1. The summed E-state index contributed by atoms with van der Waals surface area (Å²) >= 11 is 7.59. The SMILES string of the molecule is CSc1ccc(Cl)c(C(=O)NNC(=O)c2ccc(Cn3nnc(-c4ccccc4)n3)cc2)c1. The van der Waals surface area contributed by atoms with Gasteiger partial charge in [0, 0.05) is 16.0 Å². The minimum absolute atomic E-state index is 0.286. The molecule has 0 aliphatic heterocycles. The summed E-state index contributed by atoms with van der Waals surface area (Å²) in [6.07, 6.45) is 1.90. The molecule has 0 spiro atoms. The Labute approximate surface area is 199 Å². The lowest BCUT2D eigenvalue weighted by Crippen LogP contribution is -2.41. The molecular weight excluding hydrogens is 460 g/mol. The fourth-order valence-electron chi connectivity index (χ4n) is 3.00. The van der Waals surface area contributed by atoms with Crippen molar-refractivity contribution in [2.75, 3.05) is 6.26 Å². The number of hydrogen-bond acceptors (Lipinski definition) is 6. The maximum Gasteiger partial charge on any atom is 0.271 e. The molecule has 0 atom stereocenters. The van der Waals surface area contributed by atoms with Crippen LogP contribution in [0.4, 0.5) is 0 Å². The highest BCUT2D eigenvalue weighted by Crippen LogP contribution is 2.22. The number of hydrogen-bond donors (Lipinski definition) is 2. The monoisotopic (exact) mass is 478 g/mol. The topological polar surface area (TPSA) is 102 Å². The molecule has 4 aromatic rings. The predicted octanol–water partition coefficient (Wildman–Crippen LogP) is 3.84. The zero-order valence-electron chi connectivity index (χ0n) is 17.5. The number of carbonyl (C=O) groups is 2. The molecule has 10 heteroatoms. The van der Waals surface area contributed by atoms with E-state index in [4.69, 9.17) is 11.6 Å². The van der Waals surface area contributed by atoms with E-state index in [1.165, 1.54) is 16.6 Å². The second-order valence-electron chi connectivity index (χ2n) is 6.96. The molecule has 3 aromatic carbocycles. The van der Waals surface area contributed by atoms with Crippen molar-refractivity contribution in [3.8, 4) is 11.4 Å². The molecule has 33 heavy (non-hydrogen) atoms. The third kappa shape index (κ3) is 5.57. The van der Waals surface area contributed by atoms with Gasteiger partial charge in [0.25, 0.3) is 11.8 Å². The first-order valence-electron chi connectivity index (χ1n) is 9.90. The van der Waals surface area contributed by atoms with E-state index in [9.17, 15) is 9.59 Å². The van der Waals surface area contributed by atoms with Gasteiger partial charge >= 0.3 is 0 Å². The van der Waals surface area contributed by atoms with Crippen LogP contribution in [0.3, 0.4) is 0 Å². The van der Waals surface area contributed by atoms with E-state index in [0.717, 1.165) is 16.0 Å². The van der Waals surface area contributed by atoms with Gasteiger partial charge in [0.2, 0.25) is 5.82 Å². The average Bonchev–Trinajstić information content (AvgIpc) is 3.32. The lowest BCUT2D eigenvalue weighted by molar-refractivity contribution is 0.0846. The number of nitrogens with zero attached hydrogens (tertiary/aromatic N) is 4. The number of hydrazine groups is 1. The van der Waals surface area contributed by atoms with Gasteiger partial charge in [-0.3, -0.25) is 20.4 Å². The second kappa shape index (κ2) is 10.3.